The lowest BCUT2D eigenvalue weighted by Crippen LogP contribution is -1.85. The van der Waals surface area contributed by atoms with Crippen LogP contribution in [-0.4, -0.2) is 30.1 Å². The molecule has 1 aromatic carbocycles. The lowest BCUT2D eigenvalue weighted by atomic mass is 10.0. The topological polar surface area (TPSA) is 83.1 Å². The van der Waals surface area contributed by atoms with E-state index in [1.165, 1.54) is 15.3 Å². The molecular formula is C24H18N6S. The van der Waals surface area contributed by atoms with Crippen molar-refractivity contribution in [3.8, 4) is 33.1 Å². The maximum Gasteiger partial charge on any atom is 0.178 e. The fraction of sp³-hybridized carbons (Fsp3) is 0.0833. The Balaban J connectivity index is 1.52. The van der Waals surface area contributed by atoms with Gasteiger partial charge in [0.15, 0.2) is 11.5 Å². The minimum absolute atomic E-state index is 0.689. The third kappa shape index (κ3) is 2.93. The van der Waals surface area contributed by atoms with E-state index in [1.807, 2.05) is 36.8 Å². The summed E-state index contributed by atoms with van der Waals surface area (Å²) in [5.41, 5.74) is 7.86. The zero-order chi connectivity index (χ0) is 20.9. The lowest BCUT2D eigenvalue weighted by molar-refractivity contribution is 1.10. The number of nitrogens with one attached hydrogen (secondary N) is 2. The van der Waals surface area contributed by atoms with Gasteiger partial charge in [0.2, 0.25) is 0 Å². The zero-order valence-electron chi connectivity index (χ0n) is 17.0. The Labute approximate surface area is 182 Å². The normalized spacial score (nSPS) is 11.5. The van der Waals surface area contributed by atoms with Gasteiger partial charge < -0.3 is 4.98 Å². The Morgan fingerprint density at radius 2 is 1.87 bits per heavy atom. The number of hydrogen-bond acceptors (Lipinski definition) is 5. The van der Waals surface area contributed by atoms with Crippen LogP contribution >= 0.6 is 11.3 Å². The number of aromatic nitrogens is 6. The average molecular weight is 423 g/mol. The molecule has 0 aliphatic rings. The van der Waals surface area contributed by atoms with Crippen molar-refractivity contribution in [2.45, 2.75) is 13.8 Å². The number of benzene rings is 1. The second kappa shape index (κ2) is 6.85. The van der Waals surface area contributed by atoms with Gasteiger partial charge in [0.25, 0.3) is 0 Å². The molecule has 0 bridgehead atoms. The van der Waals surface area contributed by atoms with Crippen LogP contribution in [0.5, 0.6) is 0 Å². The zero-order valence-corrected chi connectivity index (χ0v) is 17.8. The molecule has 0 radical (unpaired) electrons. The average Bonchev–Trinajstić information content (AvgIpc) is 3.50. The third-order valence-corrected chi connectivity index (χ3v) is 6.57. The maximum absolute atomic E-state index is 4.76. The van der Waals surface area contributed by atoms with Crippen LogP contribution in [0.2, 0.25) is 0 Å². The molecule has 0 spiro atoms. The SMILES string of the molecule is Cc1ccc(-c2ccnc3nc(-c4n[nH]c5ccc(-c6cnccc6C)cc45)[nH]c23)s1. The first-order valence-corrected chi connectivity index (χ1v) is 10.8. The van der Waals surface area contributed by atoms with Gasteiger partial charge in [-0.05, 0) is 61.4 Å². The number of fused-ring (bicyclic) bond motifs is 2. The highest BCUT2D eigenvalue weighted by molar-refractivity contribution is 7.15. The fourth-order valence-electron chi connectivity index (χ4n) is 3.94. The monoisotopic (exact) mass is 422 g/mol. The molecule has 0 saturated heterocycles. The van der Waals surface area contributed by atoms with Crippen LogP contribution in [0, 0.1) is 13.8 Å². The van der Waals surface area contributed by atoms with E-state index in [9.17, 15) is 0 Å². The van der Waals surface area contributed by atoms with E-state index < -0.39 is 0 Å². The standard InChI is InChI=1S/C24H18N6S/c1-13-7-9-25-12-18(13)15-4-5-19-17(11-15)22(30-29-19)24-27-21-16(8-10-26-23(21)28-24)20-6-3-14(2)31-20/h3-12H,1-2H3,(H,29,30)(H,26,27,28). The quantitative estimate of drug-likeness (QED) is 0.371. The van der Waals surface area contributed by atoms with Crippen molar-refractivity contribution in [1.29, 1.82) is 0 Å². The molecule has 31 heavy (non-hydrogen) atoms. The Morgan fingerprint density at radius 3 is 2.71 bits per heavy atom. The summed E-state index contributed by atoms with van der Waals surface area (Å²) in [4.78, 5) is 19.5. The van der Waals surface area contributed by atoms with Crippen LogP contribution in [0.1, 0.15) is 10.4 Å². The molecule has 5 heterocycles. The van der Waals surface area contributed by atoms with Crippen molar-refractivity contribution in [3.63, 3.8) is 0 Å². The summed E-state index contributed by atoms with van der Waals surface area (Å²) < 4.78 is 0. The Bertz CT molecular complexity index is 1570. The van der Waals surface area contributed by atoms with E-state index >= 15 is 0 Å². The predicted octanol–water partition coefficient (Wildman–Crippen LogP) is 5.91. The number of aromatic amines is 2. The summed E-state index contributed by atoms with van der Waals surface area (Å²) in [6, 6.07) is 14.6. The summed E-state index contributed by atoms with van der Waals surface area (Å²) in [6.07, 6.45) is 5.52. The molecule has 2 N–H and O–H groups in total. The van der Waals surface area contributed by atoms with Crippen LogP contribution in [0.15, 0.2) is 61.1 Å². The van der Waals surface area contributed by atoms with Crippen LogP contribution in [0.25, 0.3) is 55.2 Å². The molecule has 5 aromatic heterocycles. The lowest BCUT2D eigenvalue weighted by Gasteiger charge is -2.05. The van der Waals surface area contributed by atoms with Crippen LogP contribution in [0.4, 0.5) is 0 Å². The molecule has 0 aliphatic carbocycles. The second-order valence-corrected chi connectivity index (χ2v) is 8.86. The third-order valence-electron chi connectivity index (χ3n) is 5.54. The molecule has 6 rings (SSSR count). The highest BCUT2D eigenvalue weighted by Crippen LogP contribution is 2.35. The number of imidazole rings is 1. The van der Waals surface area contributed by atoms with Crippen molar-refractivity contribution in [3.05, 3.63) is 71.5 Å². The maximum atomic E-state index is 4.76. The smallest absolute Gasteiger partial charge is 0.178 e. The first-order valence-electron chi connectivity index (χ1n) is 9.98. The van der Waals surface area contributed by atoms with E-state index in [0.717, 1.165) is 38.8 Å². The highest BCUT2D eigenvalue weighted by Gasteiger charge is 2.17. The number of hydrogen-bond donors (Lipinski definition) is 2. The van der Waals surface area contributed by atoms with Gasteiger partial charge in [-0.15, -0.1) is 11.3 Å². The van der Waals surface area contributed by atoms with E-state index in [-0.39, 0.29) is 0 Å². The van der Waals surface area contributed by atoms with Crippen molar-refractivity contribution in [2.24, 2.45) is 0 Å². The number of aryl methyl sites for hydroxylation is 2. The van der Waals surface area contributed by atoms with Gasteiger partial charge in [-0.2, -0.15) is 5.10 Å². The Kier molecular flexibility index (Phi) is 3.97. The second-order valence-electron chi connectivity index (χ2n) is 7.58. The molecule has 0 atom stereocenters. The van der Waals surface area contributed by atoms with Gasteiger partial charge >= 0.3 is 0 Å². The molecule has 0 aliphatic heterocycles. The molecule has 6 nitrogen and oxygen atoms in total. The van der Waals surface area contributed by atoms with Crippen LogP contribution in [-0.2, 0) is 0 Å². The number of rotatable bonds is 3. The van der Waals surface area contributed by atoms with E-state index in [2.05, 4.69) is 63.3 Å². The summed E-state index contributed by atoms with van der Waals surface area (Å²) in [5.74, 6) is 0.703. The summed E-state index contributed by atoms with van der Waals surface area (Å²) in [7, 11) is 0. The molecular weight excluding hydrogens is 404 g/mol. The van der Waals surface area contributed by atoms with Crippen molar-refractivity contribution >= 4 is 33.4 Å². The Morgan fingerprint density at radius 1 is 0.935 bits per heavy atom. The molecule has 6 aromatic rings. The van der Waals surface area contributed by atoms with Crippen LogP contribution < -0.4 is 0 Å². The number of pyridine rings is 2. The number of H-pyrrole nitrogens is 2. The van der Waals surface area contributed by atoms with Gasteiger partial charge in [0, 0.05) is 44.9 Å². The summed E-state index contributed by atoms with van der Waals surface area (Å²) >= 11 is 1.76. The van der Waals surface area contributed by atoms with Gasteiger partial charge in [-0.1, -0.05) is 6.07 Å². The van der Waals surface area contributed by atoms with Crippen molar-refractivity contribution in [1.82, 2.24) is 30.1 Å². The van der Waals surface area contributed by atoms with Crippen molar-refractivity contribution in [2.75, 3.05) is 0 Å². The largest absolute Gasteiger partial charge is 0.335 e. The van der Waals surface area contributed by atoms with Gasteiger partial charge in [-0.3, -0.25) is 10.1 Å². The van der Waals surface area contributed by atoms with Gasteiger partial charge in [0.1, 0.15) is 5.69 Å². The first-order chi connectivity index (χ1) is 15.2. The van der Waals surface area contributed by atoms with Crippen molar-refractivity contribution < 1.29 is 0 Å². The minimum atomic E-state index is 0.689. The summed E-state index contributed by atoms with van der Waals surface area (Å²) in [6.45, 7) is 4.21. The van der Waals surface area contributed by atoms with E-state index in [0.29, 0.717) is 11.5 Å². The molecule has 150 valence electrons. The van der Waals surface area contributed by atoms with E-state index in [4.69, 9.17) is 4.98 Å². The first kappa shape index (κ1) is 18.0. The molecule has 7 heteroatoms. The van der Waals surface area contributed by atoms with Crippen LogP contribution in [0.3, 0.4) is 0 Å². The molecule has 0 unspecified atom stereocenters. The molecule has 0 amide bonds. The Hall–Kier alpha value is -3.84. The summed E-state index contributed by atoms with van der Waals surface area (Å²) in [5, 5.41) is 8.70. The van der Waals surface area contributed by atoms with E-state index in [1.54, 1.807) is 11.3 Å². The number of nitrogens with zero attached hydrogens (tertiary/aromatic N) is 4. The predicted molar refractivity (Wildman–Crippen MR) is 125 cm³/mol. The molecule has 0 saturated carbocycles. The van der Waals surface area contributed by atoms with Gasteiger partial charge in [0.05, 0.1) is 11.0 Å². The number of thiophene rings is 1. The molecule has 0 fully saturated rings. The fourth-order valence-corrected chi connectivity index (χ4v) is 4.84. The minimum Gasteiger partial charge on any atom is -0.335 e. The van der Waals surface area contributed by atoms with Gasteiger partial charge in [-0.25, -0.2) is 9.97 Å². The highest BCUT2D eigenvalue weighted by atomic mass is 32.1.